The summed E-state index contributed by atoms with van der Waals surface area (Å²) < 4.78 is 5.41. The summed E-state index contributed by atoms with van der Waals surface area (Å²) in [6.45, 7) is 4.78. The molecule has 0 atom stereocenters. The third-order valence-corrected chi connectivity index (χ3v) is 3.57. The van der Waals surface area contributed by atoms with E-state index in [1.165, 1.54) is 0 Å². The highest BCUT2D eigenvalue weighted by Crippen LogP contribution is 2.14. The van der Waals surface area contributed by atoms with Gasteiger partial charge in [0, 0.05) is 25.1 Å². The van der Waals surface area contributed by atoms with Gasteiger partial charge in [-0.1, -0.05) is 0 Å². The van der Waals surface area contributed by atoms with E-state index in [0.717, 1.165) is 50.0 Å². The van der Waals surface area contributed by atoms with Gasteiger partial charge in [-0.2, -0.15) is 0 Å². The largest absolute Gasteiger partial charge is 0.380 e. The number of hydrogen-bond acceptors (Lipinski definition) is 4. The topological polar surface area (TPSA) is 25.4 Å². The summed E-state index contributed by atoms with van der Waals surface area (Å²) in [5.74, 6) is 0.514. The molecule has 0 unspecified atom stereocenters. The Kier molecular flexibility index (Phi) is 4.38. The lowest BCUT2D eigenvalue weighted by molar-refractivity contribution is 0.140. The highest BCUT2D eigenvalue weighted by molar-refractivity contribution is 7.09. The molecule has 0 radical (unpaired) electrons. The fraction of sp³-hybridized carbons (Fsp3) is 0.700. The summed E-state index contributed by atoms with van der Waals surface area (Å²) in [6, 6.07) is 0. The minimum absolute atomic E-state index is 0.514. The lowest BCUT2D eigenvalue weighted by Gasteiger charge is -2.16. The zero-order valence-electron chi connectivity index (χ0n) is 8.62. The molecule has 0 bridgehead atoms. The quantitative estimate of drug-likeness (QED) is 0.764. The van der Waals surface area contributed by atoms with Gasteiger partial charge < -0.3 is 4.74 Å². The van der Waals surface area contributed by atoms with Crippen LogP contribution in [0.25, 0.3) is 0 Å². The predicted octanol–water partition coefficient (Wildman–Crippen LogP) is 2.10. The molecule has 1 aliphatic rings. The number of alkyl halides is 1. The van der Waals surface area contributed by atoms with Crippen molar-refractivity contribution in [3.8, 4) is 0 Å². The summed E-state index contributed by atoms with van der Waals surface area (Å²) in [6.07, 6.45) is 1.12. The van der Waals surface area contributed by atoms with Crippen LogP contribution in [-0.4, -0.2) is 36.2 Å². The molecule has 1 fully saturated rings. The maximum Gasteiger partial charge on any atom is 0.107 e. The molecule has 15 heavy (non-hydrogen) atoms. The number of aromatic nitrogens is 1. The lowest BCUT2D eigenvalue weighted by Crippen LogP contribution is -2.25. The van der Waals surface area contributed by atoms with Crippen molar-refractivity contribution in [1.29, 1.82) is 0 Å². The number of halogens is 1. The van der Waals surface area contributed by atoms with Gasteiger partial charge in [0.05, 0.1) is 24.7 Å². The Morgan fingerprint density at radius 2 is 2.40 bits per heavy atom. The first-order valence-electron chi connectivity index (χ1n) is 5.18. The van der Waals surface area contributed by atoms with Crippen molar-refractivity contribution < 1.29 is 4.74 Å². The molecule has 0 saturated carbocycles. The maximum atomic E-state index is 5.72. The van der Waals surface area contributed by atoms with Crippen LogP contribution in [0.15, 0.2) is 5.38 Å². The van der Waals surface area contributed by atoms with E-state index in [1.807, 2.05) is 5.38 Å². The molecule has 0 spiro atoms. The first kappa shape index (κ1) is 11.3. The van der Waals surface area contributed by atoms with E-state index in [2.05, 4.69) is 9.88 Å². The summed E-state index contributed by atoms with van der Waals surface area (Å²) in [4.78, 5) is 6.85. The highest BCUT2D eigenvalue weighted by atomic mass is 35.5. The smallest absolute Gasteiger partial charge is 0.107 e. The highest BCUT2D eigenvalue weighted by Gasteiger charge is 2.11. The number of hydrogen-bond donors (Lipinski definition) is 0. The van der Waals surface area contributed by atoms with E-state index in [0.29, 0.717) is 5.88 Å². The normalized spacial score (nSPS) is 19.0. The summed E-state index contributed by atoms with van der Waals surface area (Å²) in [7, 11) is 0. The van der Waals surface area contributed by atoms with Crippen LogP contribution < -0.4 is 0 Å². The molecule has 1 aromatic heterocycles. The molecule has 0 aromatic carbocycles. The fourth-order valence-electron chi connectivity index (χ4n) is 1.63. The van der Waals surface area contributed by atoms with E-state index in [9.17, 15) is 0 Å². The van der Waals surface area contributed by atoms with Crippen LogP contribution in [0.2, 0.25) is 0 Å². The molecule has 0 amide bonds. The van der Waals surface area contributed by atoms with Crippen molar-refractivity contribution >= 4 is 22.9 Å². The van der Waals surface area contributed by atoms with Gasteiger partial charge >= 0.3 is 0 Å². The van der Waals surface area contributed by atoms with Crippen molar-refractivity contribution in [2.24, 2.45) is 0 Å². The first-order chi connectivity index (χ1) is 7.38. The fourth-order valence-corrected chi connectivity index (χ4v) is 2.69. The molecule has 5 heteroatoms. The van der Waals surface area contributed by atoms with Gasteiger partial charge in [-0.15, -0.1) is 22.9 Å². The average Bonchev–Trinajstić information content (AvgIpc) is 2.54. The summed E-state index contributed by atoms with van der Waals surface area (Å²) in [5.41, 5.74) is 0.989. The second kappa shape index (κ2) is 5.80. The predicted molar refractivity (Wildman–Crippen MR) is 62.4 cm³/mol. The Morgan fingerprint density at radius 3 is 3.20 bits per heavy atom. The van der Waals surface area contributed by atoms with Gasteiger partial charge in [0.2, 0.25) is 0 Å². The summed E-state index contributed by atoms with van der Waals surface area (Å²) >= 11 is 7.42. The Bertz CT molecular complexity index is 297. The van der Waals surface area contributed by atoms with E-state index in [-0.39, 0.29) is 0 Å². The van der Waals surface area contributed by atoms with Gasteiger partial charge in [-0.05, 0) is 6.42 Å². The zero-order valence-corrected chi connectivity index (χ0v) is 10.2. The van der Waals surface area contributed by atoms with E-state index in [1.54, 1.807) is 11.3 Å². The second-order valence-corrected chi connectivity index (χ2v) is 4.82. The first-order valence-corrected chi connectivity index (χ1v) is 6.59. The van der Waals surface area contributed by atoms with Gasteiger partial charge in [0.25, 0.3) is 0 Å². The Morgan fingerprint density at radius 1 is 1.47 bits per heavy atom. The molecule has 1 saturated heterocycles. The van der Waals surface area contributed by atoms with E-state index in [4.69, 9.17) is 16.3 Å². The van der Waals surface area contributed by atoms with Crippen LogP contribution in [0.1, 0.15) is 17.1 Å². The molecule has 3 nitrogen and oxygen atoms in total. The SMILES string of the molecule is ClCc1csc(CN2CCCOCC2)n1. The van der Waals surface area contributed by atoms with Crippen molar-refractivity contribution in [3.63, 3.8) is 0 Å². The molecule has 0 N–H and O–H groups in total. The van der Waals surface area contributed by atoms with Gasteiger partial charge in [0.15, 0.2) is 0 Å². The monoisotopic (exact) mass is 246 g/mol. The van der Waals surface area contributed by atoms with Crippen molar-refractivity contribution in [2.75, 3.05) is 26.3 Å². The van der Waals surface area contributed by atoms with Crippen LogP contribution in [-0.2, 0) is 17.2 Å². The maximum absolute atomic E-state index is 5.72. The van der Waals surface area contributed by atoms with E-state index >= 15 is 0 Å². The van der Waals surface area contributed by atoms with E-state index < -0.39 is 0 Å². The number of thiazole rings is 1. The molecule has 84 valence electrons. The second-order valence-electron chi connectivity index (χ2n) is 3.61. The Labute approximate surface area is 99.0 Å². The van der Waals surface area contributed by atoms with Crippen LogP contribution in [0.5, 0.6) is 0 Å². The summed E-state index contributed by atoms with van der Waals surface area (Å²) in [5, 5.41) is 3.20. The number of rotatable bonds is 3. The minimum Gasteiger partial charge on any atom is -0.380 e. The van der Waals surface area contributed by atoms with Gasteiger partial charge in [0.1, 0.15) is 5.01 Å². The Hall–Kier alpha value is -0.160. The minimum atomic E-state index is 0.514. The number of nitrogens with zero attached hydrogens (tertiary/aromatic N) is 2. The van der Waals surface area contributed by atoms with Gasteiger partial charge in [-0.3, -0.25) is 4.90 Å². The third kappa shape index (κ3) is 3.41. The van der Waals surface area contributed by atoms with Crippen molar-refractivity contribution in [2.45, 2.75) is 18.8 Å². The molecule has 1 aliphatic heterocycles. The number of ether oxygens (including phenoxy) is 1. The van der Waals surface area contributed by atoms with Gasteiger partial charge in [-0.25, -0.2) is 4.98 Å². The average molecular weight is 247 g/mol. The third-order valence-electron chi connectivity index (χ3n) is 2.41. The lowest BCUT2D eigenvalue weighted by atomic mass is 10.4. The molecule has 0 aliphatic carbocycles. The zero-order chi connectivity index (χ0) is 10.5. The molecule has 1 aromatic rings. The van der Waals surface area contributed by atoms with Crippen molar-refractivity contribution in [3.05, 3.63) is 16.1 Å². The Balaban J connectivity index is 1.89. The van der Waals surface area contributed by atoms with Crippen molar-refractivity contribution in [1.82, 2.24) is 9.88 Å². The standard InChI is InChI=1S/C10H15ClN2OS/c11-6-9-8-15-10(12-9)7-13-2-1-4-14-5-3-13/h8H,1-7H2. The van der Waals surface area contributed by atoms with Crippen LogP contribution in [0, 0.1) is 0 Å². The van der Waals surface area contributed by atoms with Crippen LogP contribution in [0.4, 0.5) is 0 Å². The molecule has 2 rings (SSSR count). The van der Waals surface area contributed by atoms with Crippen LogP contribution >= 0.6 is 22.9 Å². The molecular formula is C10H15ClN2OS. The molecule has 2 heterocycles. The molecular weight excluding hydrogens is 232 g/mol. The van der Waals surface area contributed by atoms with Crippen LogP contribution in [0.3, 0.4) is 0 Å².